The fraction of sp³-hybridized carbons (Fsp3) is 0.188. The number of phenols is 1. The number of carbonyl (C=O) groups excluding carboxylic acids is 1. The molecule has 24 heavy (non-hydrogen) atoms. The number of benzene rings is 2. The van der Waals surface area contributed by atoms with Crippen LogP contribution in [-0.4, -0.2) is 38.7 Å². The third-order valence-corrected chi connectivity index (χ3v) is 4.06. The van der Waals surface area contributed by atoms with Gasteiger partial charge in [-0.1, -0.05) is 12.1 Å². The number of ether oxygens (including phenoxy) is 1. The molecule has 0 amide bonds. The highest BCUT2D eigenvalue weighted by Crippen LogP contribution is 2.39. The highest BCUT2D eigenvalue weighted by molar-refractivity contribution is 7.70. The molecule has 8 heteroatoms. The molecule has 0 saturated heterocycles. The maximum atomic E-state index is 11.6. The summed E-state index contributed by atoms with van der Waals surface area (Å²) < 4.78 is 16.3. The summed E-state index contributed by atoms with van der Waals surface area (Å²) >= 11 is 0. The van der Waals surface area contributed by atoms with Gasteiger partial charge in [-0.25, -0.2) is 0 Å². The van der Waals surface area contributed by atoms with Gasteiger partial charge in [0.15, 0.2) is 0 Å². The predicted octanol–water partition coefficient (Wildman–Crippen LogP) is 1.67. The van der Waals surface area contributed by atoms with Crippen LogP contribution in [0.5, 0.6) is 11.5 Å². The Labute approximate surface area is 138 Å². The van der Waals surface area contributed by atoms with Gasteiger partial charge in [0, 0.05) is 12.0 Å². The fourth-order valence-electron chi connectivity index (χ4n) is 2.12. The minimum atomic E-state index is -4.87. The Morgan fingerprint density at radius 2 is 1.75 bits per heavy atom. The van der Waals surface area contributed by atoms with Gasteiger partial charge in [-0.05, 0) is 41.5 Å². The summed E-state index contributed by atoms with van der Waals surface area (Å²) in [6.45, 7) is 0.0999. The molecule has 0 aromatic heterocycles. The van der Waals surface area contributed by atoms with Crippen LogP contribution >= 0.6 is 7.60 Å². The van der Waals surface area contributed by atoms with Crippen molar-refractivity contribution in [2.24, 2.45) is 0 Å². The summed E-state index contributed by atoms with van der Waals surface area (Å²) in [6.07, 6.45) is 0.272. The van der Waals surface area contributed by atoms with Crippen LogP contribution in [0.25, 0.3) is 0 Å². The second kappa shape index (κ2) is 7.59. The molecule has 0 bridgehead atoms. The molecule has 7 nitrogen and oxygen atoms in total. The third kappa shape index (κ3) is 4.66. The van der Waals surface area contributed by atoms with E-state index in [0.717, 1.165) is 5.56 Å². The van der Waals surface area contributed by atoms with E-state index in [0.29, 0.717) is 11.3 Å². The Morgan fingerprint density at radius 1 is 1.08 bits per heavy atom. The largest absolute Gasteiger partial charge is 0.508 e. The number of phenolic OH excluding ortho intramolecular Hbond substituents is 1. The van der Waals surface area contributed by atoms with Crippen LogP contribution in [0.2, 0.25) is 0 Å². The molecule has 0 saturated carbocycles. The Bertz CT molecular complexity index is 764. The summed E-state index contributed by atoms with van der Waals surface area (Å²) in [5.41, 5.74) is -0.253. The van der Waals surface area contributed by atoms with Crippen LogP contribution in [-0.2, 0) is 11.0 Å². The molecule has 0 aliphatic rings. The molecule has 0 unspecified atom stereocenters. The average Bonchev–Trinajstić information content (AvgIpc) is 2.54. The molecule has 2 rings (SSSR count). The van der Waals surface area contributed by atoms with Gasteiger partial charge in [0.05, 0.1) is 6.61 Å². The number of hydrogen-bond donors (Lipinski definition) is 4. The molecular weight excluding hydrogens is 335 g/mol. The first-order valence-electron chi connectivity index (χ1n) is 7.06. The Kier molecular flexibility index (Phi) is 5.75. The summed E-state index contributed by atoms with van der Waals surface area (Å²) in [4.78, 5) is 29.6. The van der Waals surface area contributed by atoms with E-state index < -0.39 is 13.1 Å². The zero-order valence-corrected chi connectivity index (χ0v) is 13.5. The number of rotatable bonds is 7. The van der Waals surface area contributed by atoms with E-state index >= 15 is 0 Å². The SMILES string of the molecule is O=C(c1ccc(O)c(Cc2ccc(OCCO)cc2)c1)P(=O)(O)O. The molecule has 0 heterocycles. The average molecular weight is 352 g/mol. The van der Waals surface area contributed by atoms with Gasteiger partial charge in [0.2, 0.25) is 0 Å². The van der Waals surface area contributed by atoms with E-state index in [1.54, 1.807) is 24.3 Å². The molecule has 0 spiro atoms. The first-order chi connectivity index (χ1) is 11.3. The second-order valence-electron chi connectivity index (χ2n) is 5.09. The number of carbonyl (C=O) groups is 1. The summed E-state index contributed by atoms with van der Waals surface area (Å²) in [6, 6.07) is 10.6. The molecule has 128 valence electrons. The van der Waals surface area contributed by atoms with Gasteiger partial charge in [0.25, 0.3) is 5.52 Å². The Morgan fingerprint density at radius 3 is 2.33 bits per heavy atom. The summed E-state index contributed by atoms with van der Waals surface area (Å²) in [5, 5.41) is 18.6. The number of hydrogen-bond acceptors (Lipinski definition) is 5. The Hall–Kier alpha value is -2.18. The molecule has 2 aromatic carbocycles. The topological polar surface area (TPSA) is 124 Å². The standard InChI is InChI=1S/C16H17O7P/c17-7-8-23-14-4-1-11(2-5-14)9-13-10-12(3-6-15(13)18)16(19)24(20,21)22/h1-6,10,17-18H,7-9H2,(H2,20,21,22). The van der Waals surface area contributed by atoms with E-state index in [2.05, 4.69) is 0 Å². The fourth-order valence-corrected chi connectivity index (χ4v) is 2.59. The molecular formula is C16H17O7P. The van der Waals surface area contributed by atoms with Crippen LogP contribution in [0.4, 0.5) is 0 Å². The molecule has 0 aliphatic carbocycles. The zero-order chi connectivity index (χ0) is 17.7. The third-order valence-electron chi connectivity index (χ3n) is 3.27. The quantitative estimate of drug-likeness (QED) is 0.559. The van der Waals surface area contributed by atoms with E-state index in [9.17, 15) is 14.5 Å². The van der Waals surface area contributed by atoms with E-state index in [4.69, 9.17) is 19.6 Å². The smallest absolute Gasteiger partial charge is 0.396 e. The van der Waals surface area contributed by atoms with Crippen molar-refractivity contribution in [1.29, 1.82) is 0 Å². The number of aromatic hydroxyl groups is 1. The Balaban J connectivity index is 2.20. The molecule has 4 N–H and O–H groups in total. The number of aliphatic hydroxyl groups is 1. The second-order valence-corrected chi connectivity index (χ2v) is 6.58. The molecule has 2 aromatic rings. The molecule has 0 fully saturated rings. The van der Waals surface area contributed by atoms with Gasteiger partial charge in [0.1, 0.15) is 18.1 Å². The lowest BCUT2D eigenvalue weighted by molar-refractivity contribution is 0.104. The van der Waals surface area contributed by atoms with Crippen molar-refractivity contribution in [3.05, 3.63) is 59.2 Å². The minimum absolute atomic E-state index is 0.0714. The molecule has 0 atom stereocenters. The highest BCUT2D eigenvalue weighted by Gasteiger charge is 2.27. The lowest BCUT2D eigenvalue weighted by atomic mass is 10.0. The van der Waals surface area contributed by atoms with Crippen molar-refractivity contribution < 1.29 is 34.1 Å². The normalized spacial score (nSPS) is 11.3. The summed E-state index contributed by atoms with van der Waals surface area (Å²) in [5.74, 6) is 0.514. The minimum Gasteiger partial charge on any atom is -0.508 e. The van der Waals surface area contributed by atoms with Crippen LogP contribution < -0.4 is 4.74 Å². The highest BCUT2D eigenvalue weighted by atomic mass is 31.2. The van der Waals surface area contributed by atoms with Crippen LogP contribution in [0.1, 0.15) is 21.5 Å². The van der Waals surface area contributed by atoms with Crippen LogP contribution in [0.15, 0.2) is 42.5 Å². The van der Waals surface area contributed by atoms with E-state index in [-0.39, 0.29) is 30.9 Å². The van der Waals surface area contributed by atoms with Gasteiger partial charge in [-0.2, -0.15) is 0 Å². The van der Waals surface area contributed by atoms with Crippen molar-refractivity contribution in [2.45, 2.75) is 6.42 Å². The van der Waals surface area contributed by atoms with Gasteiger partial charge in [-0.3, -0.25) is 9.36 Å². The lowest BCUT2D eigenvalue weighted by Gasteiger charge is -2.09. The van der Waals surface area contributed by atoms with Crippen LogP contribution in [0, 0.1) is 0 Å². The molecule has 0 radical (unpaired) electrons. The van der Waals surface area contributed by atoms with Crippen molar-refractivity contribution in [3.8, 4) is 11.5 Å². The number of aliphatic hydroxyl groups excluding tert-OH is 1. The lowest BCUT2D eigenvalue weighted by Crippen LogP contribution is -2.02. The van der Waals surface area contributed by atoms with Crippen LogP contribution in [0.3, 0.4) is 0 Å². The first kappa shape index (κ1) is 18.2. The van der Waals surface area contributed by atoms with E-state index in [1.165, 1.54) is 18.2 Å². The van der Waals surface area contributed by atoms with Gasteiger partial charge < -0.3 is 24.7 Å². The summed E-state index contributed by atoms with van der Waals surface area (Å²) in [7, 11) is -4.87. The van der Waals surface area contributed by atoms with Crippen molar-refractivity contribution >= 4 is 13.1 Å². The van der Waals surface area contributed by atoms with Crippen molar-refractivity contribution in [2.75, 3.05) is 13.2 Å². The van der Waals surface area contributed by atoms with Crippen molar-refractivity contribution in [1.82, 2.24) is 0 Å². The van der Waals surface area contributed by atoms with Gasteiger partial charge in [-0.15, -0.1) is 0 Å². The zero-order valence-electron chi connectivity index (χ0n) is 12.6. The van der Waals surface area contributed by atoms with E-state index in [1.807, 2.05) is 0 Å². The first-order valence-corrected chi connectivity index (χ1v) is 8.67. The predicted molar refractivity (Wildman–Crippen MR) is 86.3 cm³/mol. The maximum Gasteiger partial charge on any atom is 0.396 e. The maximum absolute atomic E-state index is 11.6. The molecule has 0 aliphatic heterocycles. The van der Waals surface area contributed by atoms with Gasteiger partial charge >= 0.3 is 7.60 Å². The monoisotopic (exact) mass is 352 g/mol. The van der Waals surface area contributed by atoms with Crippen molar-refractivity contribution in [3.63, 3.8) is 0 Å².